The molecule has 0 spiro atoms. The molecule has 22 nitrogen and oxygen atoms in total. The van der Waals surface area contributed by atoms with Crippen molar-refractivity contribution in [2.24, 2.45) is 0 Å². The van der Waals surface area contributed by atoms with Crippen LogP contribution in [0.1, 0.15) is 108 Å². The van der Waals surface area contributed by atoms with Crippen molar-refractivity contribution in [2.45, 2.75) is 83.7 Å². The van der Waals surface area contributed by atoms with Crippen molar-refractivity contribution in [1.82, 2.24) is 45.2 Å². The number of amides is 1. The van der Waals surface area contributed by atoms with Gasteiger partial charge in [-0.05, 0) is 88.8 Å². The monoisotopic (exact) mass is 1020 g/mol. The molecule has 1 fully saturated rings. The average molecular weight is 1020 g/mol. The van der Waals surface area contributed by atoms with Gasteiger partial charge >= 0.3 is 21.2 Å². The summed E-state index contributed by atoms with van der Waals surface area (Å²) in [7, 11) is -6.06. The van der Waals surface area contributed by atoms with E-state index in [-0.39, 0.29) is 72.0 Å². The molecular weight excluding hydrogens is 965 g/mol. The van der Waals surface area contributed by atoms with Crippen LogP contribution in [-0.2, 0) is 40.1 Å². The van der Waals surface area contributed by atoms with E-state index in [1.54, 1.807) is 62.6 Å². The van der Waals surface area contributed by atoms with Crippen molar-refractivity contribution >= 4 is 72.9 Å². The van der Waals surface area contributed by atoms with Gasteiger partial charge in [-0.2, -0.15) is 19.9 Å². The molecule has 24 heteroatoms. The van der Waals surface area contributed by atoms with Crippen LogP contribution in [0.25, 0.3) is 22.3 Å². The predicted molar refractivity (Wildman–Crippen MR) is 275 cm³/mol. The maximum Gasteiger partial charge on any atom is 0.349 e. The average Bonchev–Trinajstić information content (AvgIpc) is 4.21. The normalized spacial score (nSPS) is 13.1. The van der Waals surface area contributed by atoms with E-state index in [2.05, 4.69) is 57.0 Å². The van der Waals surface area contributed by atoms with Crippen LogP contribution in [0, 0.1) is 24.7 Å². The lowest BCUT2D eigenvalue weighted by atomic mass is 9.91. The van der Waals surface area contributed by atoms with Gasteiger partial charge in [-0.15, -0.1) is 24.7 Å². The number of carbonyl (C=O) groups excluding carboxylic acids is 1. The molecule has 0 radical (unpaired) electrons. The summed E-state index contributed by atoms with van der Waals surface area (Å²) in [6, 6.07) is 13.7. The van der Waals surface area contributed by atoms with Crippen molar-refractivity contribution in [1.29, 1.82) is 0 Å². The fourth-order valence-electron chi connectivity index (χ4n) is 7.16. The molecule has 2 unspecified atom stereocenters. The molecule has 6 aromatic rings. The molecule has 4 heterocycles. The number of carbonyl (C=O) groups is 2. The van der Waals surface area contributed by atoms with Gasteiger partial charge in [0.2, 0.25) is 11.9 Å². The number of nitrogens with two attached hydrogens (primary N) is 4. The maximum absolute atomic E-state index is 12.6. The molecule has 0 saturated heterocycles. The Morgan fingerprint density at radius 1 is 0.667 bits per heavy atom. The molecular formula is C48H59N13O9P2. The third kappa shape index (κ3) is 15.7. The summed E-state index contributed by atoms with van der Waals surface area (Å²) in [5, 5.41) is 11.6. The number of aromatic carboxylic acids is 1. The summed E-state index contributed by atoms with van der Waals surface area (Å²) in [6.07, 6.45) is 18.0. The standard InChI is InChI=1S/C23H28N7O4P.C18H16N6O2.C7H15O3P/c1-4-7-17(12-18-13-26-21-19(28-18)20(24)29-23(25)30-21)15-8-10-16(11-9-15)22(31)27-14-35(32,33-5-2)34-6-3;1-2-3-12(10-4-6-11(7-5-10)17(25)26)8-13-9-21-16-14(22-13)15(19)23-18(20)24-16;1-3-9-11(8,10-4-2)7-5-6-7/h1,8-11,13,17H,5-7,12,14H2,2-3H3,(H,27,31)(H4,24,25,26,29,30);1,4-7,9,12H,3,8H2,(H,25,26)(H4,19,20,21,23,24);7H,3-6H2,1-2H3. The number of nitrogens with zero attached hydrogens (tertiary/aromatic N) is 8. The van der Waals surface area contributed by atoms with Gasteiger partial charge in [0.25, 0.3) is 5.91 Å². The summed E-state index contributed by atoms with van der Waals surface area (Å²) in [5.41, 5.74) is 28.4. The van der Waals surface area contributed by atoms with Crippen LogP contribution in [0.4, 0.5) is 23.5 Å². The second kappa shape index (κ2) is 26.3. The molecule has 4 aromatic heterocycles. The molecule has 2 aromatic carbocycles. The minimum absolute atomic E-state index is 0.0324. The van der Waals surface area contributed by atoms with E-state index in [1.165, 1.54) is 0 Å². The van der Waals surface area contributed by atoms with Gasteiger partial charge in [-0.1, -0.05) is 24.3 Å². The molecule has 1 amide bonds. The molecule has 0 bridgehead atoms. The van der Waals surface area contributed by atoms with Crippen molar-refractivity contribution in [2.75, 3.05) is 55.6 Å². The lowest BCUT2D eigenvalue weighted by molar-refractivity contribution is 0.0696. The number of aromatic nitrogens is 8. The van der Waals surface area contributed by atoms with Crippen molar-refractivity contribution in [3.8, 4) is 24.7 Å². The molecule has 72 heavy (non-hydrogen) atoms. The van der Waals surface area contributed by atoms with Crippen molar-refractivity contribution in [3.05, 3.63) is 94.6 Å². The minimum Gasteiger partial charge on any atom is -0.478 e. The highest BCUT2D eigenvalue weighted by atomic mass is 31.2. The maximum atomic E-state index is 12.6. The van der Waals surface area contributed by atoms with E-state index in [0.29, 0.717) is 78.2 Å². The molecule has 7 rings (SSSR count). The van der Waals surface area contributed by atoms with E-state index in [0.717, 1.165) is 24.0 Å². The van der Waals surface area contributed by atoms with Gasteiger partial charge in [0.15, 0.2) is 34.0 Å². The second-order valence-corrected chi connectivity index (χ2v) is 20.3. The number of fused-ring (bicyclic) bond motifs is 2. The number of rotatable bonds is 21. The Hall–Kier alpha value is -7.16. The number of terminal acetylenes is 2. The zero-order valence-corrected chi connectivity index (χ0v) is 42.2. The van der Waals surface area contributed by atoms with Gasteiger partial charge < -0.3 is 51.5 Å². The first-order valence-corrected chi connectivity index (χ1v) is 26.3. The van der Waals surface area contributed by atoms with Crippen LogP contribution >= 0.6 is 15.2 Å². The summed E-state index contributed by atoms with van der Waals surface area (Å²) in [4.78, 5) is 57.0. The SMILES string of the molecule is C#CCC(Cc1cnc2nc(N)nc(N)c2n1)c1ccc(C(=O)NCP(=O)(OCC)OCC)cc1.C#CCC(Cc1cnc2nc(N)nc(N)c2n1)c1ccc(C(=O)O)cc1.CCOP(=O)(OCC)C1CC1. The highest BCUT2D eigenvalue weighted by Crippen LogP contribution is 2.62. The van der Waals surface area contributed by atoms with Gasteiger partial charge in [0.05, 0.1) is 61.4 Å². The lowest BCUT2D eigenvalue weighted by Crippen LogP contribution is -2.25. The minimum atomic E-state index is -3.38. The summed E-state index contributed by atoms with van der Waals surface area (Å²) in [6.45, 7) is 8.49. The van der Waals surface area contributed by atoms with E-state index >= 15 is 0 Å². The summed E-state index contributed by atoms with van der Waals surface area (Å²) < 4.78 is 44.9. The van der Waals surface area contributed by atoms with Crippen LogP contribution in [0.5, 0.6) is 0 Å². The molecule has 1 aliphatic rings. The number of carboxylic acid groups (broad SMARTS) is 1. The fourth-order valence-corrected chi connectivity index (χ4v) is 10.5. The molecule has 380 valence electrons. The topological polar surface area (TPSA) is 345 Å². The van der Waals surface area contributed by atoms with E-state index in [1.807, 2.05) is 26.0 Å². The van der Waals surface area contributed by atoms with Crippen LogP contribution in [0.3, 0.4) is 0 Å². The first-order valence-electron chi connectivity index (χ1n) is 22.9. The Labute approximate surface area is 417 Å². The number of nitrogens with one attached hydrogen (secondary N) is 1. The summed E-state index contributed by atoms with van der Waals surface area (Å²) >= 11 is 0. The van der Waals surface area contributed by atoms with Gasteiger partial charge in [-0.3, -0.25) is 13.9 Å². The number of anilines is 4. The summed E-state index contributed by atoms with van der Waals surface area (Å²) in [5.74, 6) is 4.27. The molecule has 1 aliphatic carbocycles. The van der Waals surface area contributed by atoms with Crippen molar-refractivity contribution < 1.29 is 41.9 Å². The number of benzene rings is 2. The first kappa shape index (κ1) is 55.8. The molecule has 1 saturated carbocycles. The first-order chi connectivity index (χ1) is 34.5. The van der Waals surface area contributed by atoms with Gasteiger partial charge in [0, 0.05) is 30.2 Å². The molecule has 2 atom stereocenters. The number of carboxylic acids is 1. The third-order valence-corrected chi connectivity index (χ3v) is 15.1. The predicted octanol–water partition coefficient (Wildman–Crippen LogP) is 6.93. The Balaban J connectivity index is 0.000000227. The van der Waals surface area contributed by atoms with Crippen LogP contribution < -0.4 is 28.3 Å². The van der Waals surface area contributed by atoms with Crippen LogP contribution in [-0.4, -0.2) is 95.2 Å². The third-order valence-electron chi connectivity index (χ3n) is 10.6. The second-order valence-electron chi connectivity index (χ2n) is 15.9. The Bertz CT molecular complexity index is 2980. The van der Waals surface area contributed by atoms with Gasteiger partial charge in [0.1, 0.15) is 6.29 Å². The molecule has 10 N–H and O–H groups in total. The molecule has 0 aliphatic heterocycles. The fraction of sp³-hybridized carbons (Fsp3) is 0.375. The van der Waals surface area contributed by atoms with Crippen LogP contribution in [0.15, 0.2) is 60.9 Å². The quantitative estimate of drug-likeness (QED) is 0.0314. The Kier molecular flexibility index (Phi) is 20.4. The number of nitrogen functional groups attached to an aromatic ring is 4. The van der Waals surface area contributed by atoms with E-state index in [9.17, 15) is 18.7 Å². The lowest BCUT2D eigenvalue weighted by Gasteiger charge is -2.18. The van der Waals surface area contributed by atoms with Gasteiger partial charge in [-0.25, -0.2) is 24.7 Å². The number of hydrogen-bond acceptors (Lipinski definition) is 20. The van der Waals surface area contributed by atoms with Crippen molar-refractivity contribution in [3.63, 3.8) is 0 Å². The smallest absolute Gasteiger partial charge is 0.349 e. The van der Waals surface area contributed by atoms with E-state index in [4.69, 9.17) is 59.0 Å². The largest absolute Gasteiger partial charge is 0.478 e. The highest BCUT2D eigenvalue weighted by Gasteiger charge is 2.43. The zero-order chi connectivity index (χ0) is 52.4. The Morgan fingerprint density at radius 2 is 1.08 bits per heavy atom. The Morgan fingerprint density at radius 3 is 1.46 bits per heavy atom. The number of hydrogen-bond donors (Lipinski definition) is 6. The highest BCUT2D eigenvalue weighted by molar-refractivity contribution is 7.55. The van der Waals surface area contributed by atoms with E-state index < -0.39 is 21.2 Å². The zero-order valence-electron chi connectivity index (χ0n) is 40.4. The van der Waals surface area contributed by atoms with Crippen LogP contribution in [0.2, 0.25) is 0 Å².